The van der Waals surface area contributed by atoms with Crippen LogP contribution >= 0.6 is 11.8 Å². The Hall–Kier alpha value is -2.47. The van der Waals surface area contributed by atoms with Gasteiger partial charge in [-0.3, -0.25) is 4.79 Å². The molecule has 0 spiro atoms. The second-order valence-electron chi connectivity index (χ2n) is 5.35. The predicted molar refractivity (Wildman–Crippen MR) is 97.6 cm³/mol. The topological polar surface area (TPSA) is 64.6 Å². The monoisotopic (exact) mass is 359 g/mol. The summed E-state index contributed by atoms with van der Waals surface area (Å²) in [5.41, 5.74) is 0.900. The van der Waals surface area contributed by atoms with E-state index in [-0.39, 0.29) is 19.1 Å². The quantitative estimate of drug-likeness (QED) is 0.580. The highest BCUT2D eigenvalue weighted by molar-refractivity contribution is 7.98. The van der Waals surface area contributed by atoms with Crippen LogP contribution in [-0.4, -0.2) is 30.8 Å². The Bertz CT molecular complexity index is 688. The van der Waals surface area contributed by atoms with Crippen LogP contribution in [0.3, 0.4) is 0 Å². The van der Waals surface area contributed by atoms with E-state index in [1.807, 2.05) is 48.7 Å². The molecule has 5 nitrogen and oxygen atoms in total. The van der Waals surface area contributed by atoms with E-state index in [9.17, 15) is 9.59 Å². The zero-order chi connectivity index (χ0) is 18.1. The van der Waals surface area contributed by atoms with E-state index in [1.54, 1.807) is 30.8 Å². The molecule has 132 valence electrons. The SMILES string of the molecule is CSc1ccc(COC(=O)[C@H](C)NC(=O)COc2ccccc2)cc1. The number of esters is 1. The van der Waals surface area contributed by atoms with Crippen molar-refractivity contribution in [3.8, 4) is 5.75 Å². The van der Waals surface area contributed by atoms with Crippen LogP contribution in [0.2, 0.25) is 0 Å². The lowest BCUT2D eigenvalue weighted by atomic mass is 10.2. The number of para-hydroxylation sites is 1. The molecule has 0 heterocycles. The summed E-state index contributed by atoms with van der Waals surface area (Å²) < 4.78 is 10.6. The van der Waals surface area contributed by atoms with Crippen LogP contribution in [0.1, 0.15) is 12.5 Å². The van der Waals surface area contributed by atoms with Crippen molar-refractivity contribution in [1.82, 2.24) is 5.32 Å². The Kier molecular flexibility index (Phi) is 7.35. The molecule has 0 aromatic heterocycles. The van der Waals surface area contributed by atoms with Crippen molar-refractivity contribution in [2.24, 2.45) is 0 Å². The second-order valence-corrected chi connectivity index (χ2v) is 6.23. The number of amides is 1. The smallest absolute Gasteiger partial charge is 0.328 e. The third-order valence-corrected chi connectivity index (χ3v) is 4.13. The molecule has 2 rings (SSSR count). The maximum Gasteiger partial charge on any atom is 0.328 e. The van der Waals surface area contributed by atoms with Crippen molar-refractivity contribution in [2.75, 3.05) is 12.9 Å². The fraction of sp³-hybridized carbons (Fsp3) is 0.263. The van der Waals surface area contributed by atoms with Gasteiger partial charge in [0.05, 0.1) is 0 Å². The molecule has 1 N–H and O–H groups in total. The predicted octanol–water partition coefficient (Wildman–Crippen LogP) is 3.04. The van der Waals surface area contributed by atoms with E-state index < -0.39 is 12.0 Å². The van der Waals surface area contributed by atoms with E-state index in [2.05, 4.69) is 5.32 Å². The molecule has 0 aliphatic carbocycles. The average Bonchev–Trinajstić information content (AvgIpc) is 2.65. The molecule has 0 radical (unpaired) electrons. The van der Waals surface area contributed by atoms with Crippen molar-refractivity contribution >= 4 is 23.6 Å². The highest BCUT2D eigenvalue weighted by Crippen LogP contribution is 2.15. The first-order chi connectivity index (χ1) is 12.1. The summed E-state index contributed by atoms with van der Waals surface area (Å²) >= 11 is 1.65. The number of carbonyl (C=O) groups excluding carboxylic acids is 2. The minimum absolute atomic E-state index is 0.155. The fourth-order valence-electron chi connectivity index (χ4n) is 2.01. The van der Waals surface area contributed by atoms with Gasteiger partial charge in [-0.2, -0.15) is 0 Å². The Morgan fingerprint density at radius 2 is 1.76 bits per heavy atom. The van der Waals surface area contributed by atoms with Gasteiger partial charge >= 0.3 is 5.97 Å². The van der Waals surface area contributed by atoms with E-state index in [1.165, 1.54) is 0 Å². The summed E-state index contributed by atoms with van der Waals surface area (Å²) in [5, 5.41) is 2.56. The van der Waals surface area contributed by atoms with E-state index in [0.29, 0.717) is 5.75 Å². The van der Waals surface area contributed by atoms with Gasteiger partial charge in [0.1, 0.15) is 18.4 Å². The van der Waals surface area contributed by atoms with Gasteiger partial charge in [-0.05, 0) is 43.0 Å². The van der Waals surface area contributed by atoms with Crippen LogP contribution in [-0.2, 0) is 20.9 Å². The Balaban J connectivity index is 1.72. The van der Waals surface area contributed by atoms with E-state index in [4.69, 9.17) is 9.47 Å². The molecule has 2 aromatic rings. The molecule has 0 aliphatic heterocycles. The molecule has 2 aromatic carbocycles. The van der Waals surface area contributed by atoms with Gasteiger partial charge < -0.3 is 14.8 Å². The first-order valence-electron chi connectivity index (χ1n) is 7.85. The number of rotatable bonds is 8. The zero-order valence-corrected chi connectivity index (χ0v) is 15.0. The number of benzene rings is 2. The molecule has 0 aliphatic rings. The van der Waals surface area contributed by atoms with Gasteiger partial charge in [-0.1, -0.05) is 30.3 Å². The van der Waals surface area contributed by atoms with Crippen LogP contribution in [0.15, 0.2) is 59.5 Å². The molecule has 0 bridgehead atoms. The minimum atomic E-state index is -0.739. The number of nitrogens with one attached hydrogen (secondary N) is 1. The average molecular weight is 359 g/mol. The van der Waals surface area contributed by atoms with Crippen molar-refractivity contribution < 1.29 is 19.1 Å². The highest BCUT2D eigenvalue weighted by atomic mass is 32.2. The van der Waals surface area contributed by atoms with Gasteiger partial charge in [-0.25, -0.2) is 4.79 Å². The Morgan fingerprint density at radius 3 is 2.40 bits per heavy atom. The molecule has 0 unspecified atom stereocenters. The molecule has 0 fully saturated rings. The van der Waals surface area contributed by atoms with Crippen LogP contribution in [0, 0.1) is 0 Å². The fourth-order valence-corrected chi connectivity index (χ4v) is 2.42. The molecule has 1 atom stereocenters. The maximum atomic E-state index is 12.0. The van der Waals surface area contributed by atoms with Crippen molar-refractivity contribution in [2.45, 2.75) is 24.5 Å². The summed E-state index contributed by atoms with van der Waals surface area (Å²) in [6.45, 7) is 1.60. The highest BCUT2D eigenvalue weighted by Gasteiger charge is 2.17. The lowest BCUT2D eigenvalue weighted by molar-refractivity contribution is -0.148. The number of hydrogen-bond donors (Lipinski definition) is 1. The first-order valence-corrected chi connectivity index (χ1v) is 9.07. The minimum Gasteiger partial charge on any atom is -0.484 e. The molecular weight excluding hydrogens is 338 g/mol. The largest absolute Gasteiger partial charge is 0.484 e. The number of ether oxygens (including phenoxy) is 2. The van der Waals surface area contributed by atoms with Gasteiger partial charge in [0.25, 0.3) is 5.91 Å². The number of thioether (sulfide) groups is 1. The van der Waals surface area contributed by atoms with Crippen molar-refractivity contribution in [3.63, 3.8) is 0 Å². The van der Waals surface area contributed by atoms with Crippen LogP contribution < -0.4 is 10.1 Å². The summed E-state index contributed by atoms with van der Waals surface area (Å²) in [5.74, 6) is -0.263. The Morgan fingerprint density at radius 1 is 1.08 bits per heavy atom. The summed E-state index contributed by atoms with van der Waals surface area (Å²) in [7, 11) is 0. The molecule has 1 amide bonds. The molecule has 25 heavy (non-hydrogen) atoms. The maximum absolute atomic E-state index is 12.0. The molecule has 6 heteroatoms. The van der Waals surface area contributed by atoms with E-state index in [0.717, 1.165) is 10.5 Å². The summed E-state index contributed by atoms with van der Waals surface area (Å²) in [6.07, 6.45) is 2.00. The van der Waals surface area contributed by atoms with Gasteiger partial charge in [0.2, 0.25) is 0 Å². The van der Waals surface area contributed by atoms with Gasteiger partial charge in [0, 0.05) is 4.90 Å². The van der Waals surface area contributed by atoms with Crippen LogP contribution in [0.5, 0.6) is 5.75 Å². The van der Waals surface area contributed by atoms with E-state index >= 15 is 0 Å². The zero-order valence-electron chi connectivity index (χ0n) is 14.2. The first kappa shape index (κ1) is 18.9. The third kappa shape index (κ3) is 6.51. The van der Waals surface area contributed by atoms with Crippen LogP contribution in [0.25, 0.3) is 0 Å². The Labute approximate surface area is 151 Å². The number of hydrogen-bond acceptors (Lipinski definition) is 5. The van der Waals surface area contributed by atoms with Gasteiger partial charge in [-0.15, -0.1) is 11.8 Å². The normalized spacial score (nSPS) is 11.4. The summed E-state index contributed by atoms with van der Waals surface area (Å²) in [4.78, 5) is 24.9. The van der Waals surface area contributed by atoms with Gasteiger partial charge in [0.15, 0.2) is 6.61 Å². The molecular formula is C19H21NO4S. The lowest BCUT2D eigenvalue weighted by Crippen LogP contribution is -2.41. The second kappa shape index (κ2) is 9.74. The molecule has 0 saturated carbocycles. The van der Waals surface area contributed by atoms with Crippen LogP contribution in [0.4, 0.5) is 0 Å². The standard InChI is InChI=1S/C19H21NO4S/c1-14(20-18(21)13-23-16-6-4-3-5-7-16)19(22)24-12-15-8-10-17(25-2)11-9-15/h3-11,14H,12-13H2,1-2H3,(H,20,21)/t14-/m0/s1. The molecule has 0 saturated heterocycles. The summed E-state index contributed by atoms with van der Waals surface area (Å²) in [6, 6.07) is 16.0. The lowest BCUT2D eigenvalue weighted by Gasteiger charge is -2.14. The number of carbonyl (C=O) groups is 2. The van der Waals surface area contributed by atoms with Crippen molar-refractivity contribution in [3.05, 3.63) is 60.2 Å². The third-order valence-electron chi connectivity index (χ3n) is 3.38. The van der Waals surface area contributed by atoms with Crippen molar-refractivity contribution in [1.29, 1.82) is 0 Å².